The Morgan fingerprint density at radius 2 is 1.23 bits per heavy atom. The van der Waals surface area contributed by atoms with Crippen molar-refractivity contribution in [3.63, 3.8) is 0 Å². The molecule has 2 amide bonds. The second-order valence-corrected chi connectivity index (χ2v) is 16.6. The van der Waals surface area contributed by atoms with Gasteiger partial charge in [-0.05, 0) is 97.0 Å². The van der Waals surface area contributed by atoms with E-state index in [1.807, 2.05) is 53.7 Å². The van der Waals surface area contributed by atoms with Crippen molar-refractivity contribution < 1.29 is 28.9 Å². The van der Waals surface area contributed by atoms with Crippen molar-refractivity contribution in [2.45, 2.75) is 96.9 Å². The Morgan fingerprint density at radius 1 is 0.754 bits per heavy atom. The van der Waals surface area contributed by atoms with Gasteiger partial charge in [0.1, 0.15) is 34.3 Å². The van der Waals surface area contributed by atoms with Crippen LogP contribution in [0.1, 0.15) is 78.6 Å². The van der Waals surface area contributed by atoms with Crippen LogP contribution in [-0.4, -0.2) is 91.4 Å². The minimum Gasteiger partial charge on any atom is -0.444 e. The van der Waals surface area contributed by atoms with Crippen LogP contribution in [0, 0.1) is 20.2 Å². The summed E-state index contributed by atoms with van der Waals surface area (Å²) in [5.74, 6) is 2.05. The summed E-state index contributed by atoms with van der Waals surface area (Å²) in [5, 5.41) is 27.5. The number of nitrogen functional groups attached to an aromatic ring is 1. The lowest BCUT2D eigenvalue weighted by Crippen LogP contribution is -2.49. The number of carbonyl (C=O) groups is 2. The summed E-state index contributed by atoms with van der Waals surface area (Å²) in [6, 6.07) is 16.4. The molecule has 2 saturated heterocycles. The number of halogens is 1. The number of anilines is 3. The lowest BCUT2D eigenvalue weighted by atomic mass is 10.1. The zero-order chi connectivity index (χ0) is 44.7. The number of ether oxygens (including phenoxy) is 2. The van der Waals surface area contributed by atoms with Crippen molar-refractivity contribution >= 4 is 52.5 Å². The number of piperidine rings is 2. The predicted molar refractivity (Wildman–Crippen MR) is 232 cm³/mol. The summed E-state index contributed by atoms with van der Waals surface area (Å²) in [4.78, 5) is 65.6. The standard InChI is InChI=1S/C21H27N5O4.C14H21ClN4O2.C6H6N2O2/c1-21(2,3)30-20(27)23-16-8-6-12-25(14-16)19-10-11-22-18(24-19)13-15-7-4-5-9-17(15)26(28)29;1-14(2,3)21-13(20)17-10-5-4-8-19(9-10)11-6-7-16-12(15)18-11;7-5-3-1-2-4-6(5)8(9)10/h4-5,7,9-11,16H,6,8,12-14H2,1-3H3,(H,23,27);6-7,10H,4-5,8-9H2,1-3H3,(H,17,20);1-4H,7H2. The maximum atomic E-state index is 12.1. The maximum absolute atomic E-state index is 12.1. The van der Waals surface area contributed by atoms with Crippen LogP contribution in [0.3, 0.4) is 0 Å². The Balaban J connectivity index is 0.000000228. The molecule has 4 aromatic rings. The van der Waals surface area contributed by atoms with Crippen molar-refractivity contribution in [2.24, 2.45) is 0 Å². The van der Waals surface area contributed by atoms with Gasteiger partial charge in [0.2, 0.25) is 5.28 Å². The maximum Gasteiger partial charge on any atom is 0.407 e. The molecule has 2 aliphatic rings. The van der Waals surface area contributed by atoms with Crippen LogP contribution in [0.5, 0.6) is 0 Å². The number of hydrogen-bond acceptors (Lipinski definition) is 15. The molecular formula is C41H54ClN11O8. The third kappa shape index (κ3) is 16.3. The quantitative estimate of drug-likeness (QED) is 0.0682. The van der Waals surface area contributed by atoms with E-state index in [-0.39, 0.29) is 46.9 Å². The van der Waals surface area contributed by atoms with Gasteiger partial charge >= 0.3 is 12.2 Å². The number of alkyl carbamates (subject to hydrolysis) is 2. The van der Waals surface area contributed by atoms with E-state index in [1.165, 1.54) is 18.2 Å². The van der Waals surface area contributed by atoms with Gasteiger partial charge in [-0.1, -0.05) is 30.3 Å². The largest absolute Gasteiger partial charge is 0.444 e. The summed E-state index contributed by atoms with van der Waals surface area (Å²) in [7, 11) is 0. The number of nitrogens with zero attached hydrogens (tertiary/aromatic N) is 8. The molecule has 2 aromatic carbocycles. The topological polar surface area (TPSA) is 247 Å². The van der Waals surface area contributed by atoms with Crippen molar-refractivity contribution in [1.29, 1.82) is 0 Å². The normalized spacial score (nSPS) is 16.4. The number of rotatable bonds is 8. The van der Waals surface area contributed by atoms with Crippen LogP contribution in [0.4, 0.5) is 38.3 Å². The Labute approximate surface area is 359 Å². The van der Waals surface area contributed by atoms with E-state index in [0.29, 0.717) is 24.5 Å². The number of nitro benzene ring substituents is 2. The van der Waals surface area contributed by atoms with E-state index >= 15 is 0 Å². The summed E-state index contributed by atoms with van der Waals surface area (Å²) in [6.07, 6.45) is 6.44. The number of aromatic nitrogens is 4. The lowest BCUT2D eigenvalue weighted by molar-refractivity contribution is -0.385. The smallest absolute Gasteiger partial charge is 0.407 e. The minimum absolute atomic E-state index is 0.0394. The number of carbonyl (C=O) groups excluding carboxylic acids is 2. The second-order valence-electron chi connectivity index (χ2n) is 16.3. The zero-order valence-electron chi connectivity index (χ0n) is 35.2. The number of nitrogens with two attached hydrogens (primary N) is 1. The zero-order valence-corrected chi connectivity index (χ0v) is 36.0. The van der Waals surface area contributed by atoms with Crippen molar-refractivity contribution in [1.82, 2.24) is 30.6 Å². The number of hydrogen-bond donors (Lipinski definition) is 3. The van der Waals surface area contributed by atoms with Gasteiger partial charge in [-0.25, -0.2) is 29.5 Å². The van der Waals surface area contributed by atoms with Crippen LogP contribution in [0.2, 0.25) is 5.28 Å². The third-order valence-corrected chi connectivity index (χ3v) is 9.09. The molecule has 0 aliphatic carbocycles. The fourth-order valence-electron chi connectivity index (χ4n) is 6.37. The summed E-state index contributed by atoms with van der Waals surface area (Å²) >= 11 is 5.82. The molecule has 0 spiro atoms. The molecular weight excluding hydrogens is 810 g/mol. The van der Waals surface area contributed by atoms with Crippen molar-refractivity contribution in [2.75, 3.05) is 41.7 Å². The van der Waals surface area contributed by atoms with Gasteiger partial charge in [-0.15, -0.1) is 0 Å². The third-order valence-electron chi connectivity index (χ3n) is 8.91. The molecule has 61 heavy (non-hydrogen) atoms. The van der Waals surface area contributed by atoms with Crippen LogP contribution >= 0.6 is 11.6 Å². The molecule has 2 aliphatic heterocycles. The molecule has 0 radical (unpaired) electrons. The molecule has 0 saturated carbocycles. The average Bonchev–Trinajstić information content (AvgIpc) is 3.17. The monoisotopic (exact) mass is 863 g/mol. The number of nitro groups is 2. The van der Waals surface area contributed by atoms with Gasteiger partial charge in [-0.3, -0.25) is 20.2 Å². The average molecular weight is 864 g/mol. The Kier molecular flexibility index (Phi) is 16.9. The molecule has 19 nitrogen and oxygen atoms in total. The fourth-order valence-corrected chi connectivity index (χ4v) is 6.51. The van der Waals surface area contributed by atoms with E-state index in [9.17, 15) is 29.8 Å². The first kappa shape index (κ1) is 47.3. The first-order valence-corrected chi connectivity index (χ1v) is 20.1. The van der Waals surface area contributed by atoms with E-state index < -0.39 is 27.1 Å². The van der Waals surface area contributed by atoms with Gasteiger partial charge in [0.15, 0.2) is 0 Å². The van der Waals surface area contributed by atoms with Crippen LogP contribution < -0.4 is 26.2 Å². The molecule has 2 fully saturated rings. The van der Waals surface area contributed by atoms with Gasteiger partial charge in [0.05, 0.1) is 9.85 Å². The highest BCUT2D eigenvalue weighted by molar-refractivity contribution is 6.28. The molecule has 6 rings (SSSR count). The Hall–Kier alpha value is -6.37. The minimum atomic E-state index is -0.542. The first-order valence-electron chi connectivity index (χ1n) is 19.8. The molecule has 20 heteroatoms. The molecule has 2 atom stereocenters. The highest BCUT2D eigenvalue weighted by Crippen LogP contribution is 2.23. The van der Waals surface area contributed by atoms with E-state index in [0.717, 1.165) is 50.4 Å². The van der Waals surface area contributed by atoms with Crippen molar-refractivity contribution in [3.05, 3.63) is 110 Å². The summed E-state index contributed by atoms with van der Waals surface area (Å²) < 4.78 is 10.6. The molecule has 2 unspecified atom stereocenters. The van der Waals surface area contributed by atoms with Gasteiger partial charge in [-0.2, -0.15) is 0 Å². The number of benzene rings is 2. The molecule has 4 heterocycles. The number of para-hydroxylation sites is 3. The first-order chi connectivity index (χ1) is 28.8. The van der Waals surface area contributed by atoms with Crippen molar-refractivity contribution in [3.8, 4) is 0 Å². The molecule has 4 N–H and O–H groups in total. The molecule has 0 bridgehead atoms. The fraction of sp³-hybridized carbons (Fsp3) is 0.463. The number of amides is 2. The molecule has 328 valence electrons. The van der Waals surface area contributed by atoms with Crippen LogP contribution in [-0.2, 0) is 15.9 Å². The highest BCUT2D eigenvalue weighted by Gasteiger charge is 2.27. The summed E-state index contributed by atoms with van der Waals surface area (Å²) in [6.45, 7) is 14.0. The Bertz CT molecular complexity index is 2110. The summed E-state index contributed by atoms with van der Waals surface area (Å²) in [5.41, 5.74) is 5.05. The Morgan fingerprint density at radius 3 is 1.70 bits per heavy atom. The lowest BCUT2D eigenvalue weighted by Gasteiger charge is -2.34. The van der Waals surface area contributed by atoms with Gasteiger partial charge in [0.25, 0.3) is 11.4 Å². The molecule has 2 aromatic heterocycles. The predicted octanol–water partition coefficient (Wildman–Crippen LogP) is 7.27. The van der Waals surface area contributed by atoms with E-state index in [1.54, 1.807) is 42.7 Å². The van der Waals surface area contributed by atoms with Crippen LogP contribution in [0.25, 0.3) is 0 Å². The van der Waals surface area contributed by atoms with Gasteiger partial charge < -0.3 is 35.6 Å². The van der Waals surface area contributed by atoms with Crippen LogP contribution in [0.15, 0.2) is 73.1 Å². The second kappa shape index (κ2) is 21.8. The van der Waals surface area contributed by atoms with E-state index in [4.69, 9.17) is 26.8 Å². The van der Waals surface area contributed by atoms with E-state index in [2.05, 4.69) is 40.4 Å². The van der Waals surface area contributed by atoms with Gasteiger partial charge in [0, 0.05) is 74.8 Å². The highest BCUT2D eigenvalue weighted by atomic mass is 35.5. The SMILES string of the molecule is CC(C)(C)OC(=O)NC1CCCN(c2ccnc(Cc3ccccc3[N+](=O)[O-])n2)C1.CC(C)(C)OC(=O)NC1CCCN(c2ccnc(Cl)n2)C1.Nc1ccccc1[N+](=O)[O-]. The number of nitrogens with one attached hydrogen (secondary N) is 2.